The largest absolute Gasteiger partial charge is 0.379 e. The van der Waals surface area contributed by atoms with E-state index >= 15 is 0 Å². The second-order valence-corrected chi connectivity index (χ2v) is 10.5. The van der Waals surface area contributed by atoms with Crippen molar-refractivity contribution < 1.29 is 14.3 Å². The molecule has 2 aliphatic heterocycles. The average Bonchev–Trinajstić information content (AvgIpc) is 2.87. The van der Waals surface area contributed by atoms with Gasteiger partial charge in [0.15, 0.2) is 0 Å². The summed E-state index contributed by atoms with van der Waals surface area (Å²) in [5.74, 6) is 0.213. The van der Waals surface area contributed by atoms with Crippen molar-refractivity contribution in [1.29, 1.82) is 0 Å². The van der Waals surface area contributed by atoms with Gasteiger partial charge in [0.2, 0.25) is 0 Å². The predicted octanol–water partition coefficient (Wildman–Crippen LogP) is 4.93. The average molecular weight is 534 g/mol. The van der Waals surface area contributed by atoms with Crippen LogP contribution >= 0.6 is 23.2 Å². The van der Waals surface area contributed by atoms with Crippen LogP contribution in [0.2, 0.25) is 10.0 Å². The molecular weight excluding hydrogens is 499 g/mol. The first-order valence-corrected chi connectivity index (χ1v) is 13.4. The van der Waals surface area contributed by atoms with E-state index in [0.29, 0.717) is 39.3 Å². The second kappa shape index (κ2) is 12.8. The third-order valence-corrected chi connectivity index (χ3v) is 7.22. The monoisotopic (exact) mass is 532 g/mol. The molecule has 0 aromatic heterocycles. The molecule has 0 atom stereocenters. The summed E-state index contributed by atoms with van der Waals surface area (Å²) in [6, 6.07) is 10.2. The molecule has 9 heteroatoms. The van der Waals surface area contributed by atoms with Crippen molar-refractivity contribution in [3.63, 3.8) is 0 Å². The van der Waals surface area contributed by atoms with Gasteiger partial charge in [-0.2, -0.15) is 0 Å². The smallest absolute Gasteiger partial charge is 0.255 e. The molecule has 2 aromatic carbocycles. The van der Waals surface area contributed by atoms with E-state index in [4.69, 9.17) is 27.9 Å². The fourth-order valence-corrected chi connectivity index (χ4v) is 5.16. The third kappa shape index (κ3) is 7.35. The lowest BCUT2D eigenvalue weighted by atomic mass is 9.97. The Labute approximate surface area is 223 Å². The molecule has 0 saturated carbocycles. The molecule has 2 amide bonds. The van der Waals surface area contributed by atoms with Crippen LogP contribution in [0.3, 0.4) is 0 Å². The first kappa shape index (κ1) is 26.7. The fourth-order valence-electron chi connectivity index (χ4n) is 4.63. The summed E-state index contributed by atoms with van der Waals surface area (Å²) < 4.78 is 5.40. The number of carbonyl (C=O) groups is 2. The van der Waals surface area contributed by atoms with Crippen molar-refractivity contribution in [3.8, 4) is 0 Å². The minimum atomic E-state index is -0.337. The molecule has 2 heterocycles. The number of nitrogens with one attached hydrogen (secondary N) is 2. The number of carbonyl (C=O) groups excluding carboxylic acids is 2. The molecule has 2 N–H and O–H groups in total. The minimum absolute atomic E-state index is 0.132. The lowest BCUT2D eigenvalue weighted by Crippen LogP contribution is -2.38. The molecule has 194 valence electrons. The number of halogens is 2. The van der Waals surface area contributed by atoms with Gasteiger partial charge in [-0.15, -0.1) is 0 Å². The second-order valence-electron chi connectivity index (χ2n) is 9.58. The van der Waals surface area contributed by atoms with Gasteiger partial charge in [0, 0.05) is 59.7 Å². The highest BCUT2D eigenvalue weighted by Crippen LogP contribution is 2.29. The number of rotatable bonds is 8. The van der Waals surface area contributed by atoms with Crippen LogP contribution in [0.4, 0.5) is 11.4 Å². The first-order chi connectivity index (χ1) is 17.4. The molecule has 7 nitrogen and oxygen atoms in total. The van der Waals surface area contributed by atoms with Crippen LogP contribution in [-0.2, 0) is 4.74 Å². The Morgan fingerprint density at radius 3 is 2.36 bits per heavy atom. The zero-order valence-corrected chi connectivity index (χ0v) is 22.2. The number of amides is 2. The Bertz CT molecular complexity index is 1050. The molecule has 2 fully saturated rings. The number of piperidine rings is 1. The first-order valence-electron chi connectivity index (χ1n) is 12.6. The molecule has 2 aliphatic rings. The molecule has 36 heavy (non-hydrogen) atoms. The summed E-state index contributed by atoms with van der Waals surface area (Å²) >= 11 is 12.1. The SMILES string of the molecule is CC1CCN(c2ccc(NC(=O)c3cc(Cl)cc(Cl)c3)cc2C(=O)NCCCN2CCOCC2)CC1. The summed E-state index contributed by atoms with van der Waals surface area (Å²) in [5.41, 5.74) is 2.37. The summed E-state index contributed by atoms with van der Waals surface area (Å²) in [6.07, 6.45) is 3.05. The Balaban J connectivity index is 1.46. The molecular formula is C27H34Cl2N4O3. The highest BCUT2D eigenvalue weighted by Gasteiger charge is 2.22. The number of morpholine rings is 1. The summed E-state index contributed by atoms with van der Waals surface area (Å²) in [5, 5.41) is 6.74. The lowest BCUT2D eigenvalue weighted by molar-refractivity contribution is 0.0374. The van der Waals surface area contributed by atoms with Crippen LogP contribution in [0, 0.1) is 5.92 Å². The number of anilines is 2. The van der Waals surface area contributed by atoms with E-state index < -0.39 is 0 Å². The highest BCUT2D eigenvalue weighted by atomic mass is 35.5. The molecule has 2 aromatic rings. The van der Waals surface area contributed by atoms with E-state index in [2.05, 4.69) is 27.4 Å². The number of hydrogen-bond donors (Lipinski definition) is 2. The maximum Gasteiger partial charge on any atom is 0.255 e. The van der Waals surface area contributed by atoms with Crippen LogP contribution in [0.25, 0.3) is 0 Å². The van der Waals surface area contributed by atoms with Crippen molar-refractivity contribution in [1.82, 2.24) is 10.2 Å². The normalized spacial score (nSPS) is 17.1. The zero-order chi connectivity index (χ0) is 25.5. The lowest BCUT2D eigenvalue weighted by Gasteiger charge is -2.33. The van der Waals surface area contributed by atoms with Gasteiger partial charge in [0.05, 0.1) is 18.8 Å². The van der Waals surface area contributed by atoms with E-state index in [-0.39, 0.29) is 11.8 Å². The highest BCUT2D eigenvalue weighted by molar-refractivity contribution is 6.35. The van der Waals surface area contributed by atoms with Gasteiger partial charge in [-0.05, 0) is 68.1 Å². The molecule has 0 aliphatic carbocycles. The van der Waals surface area contributed by atoms with Gasteiger partial charge in [0.25, 0.3) is 11.8 Å². The molecule has 0 spiro atoms. The maximum absolute atomic E-state index is 13.3. The Kier molecular flexibility index (Phi) is 9.48. The number of hydrogen-bond acceptors (Lipinski definition) is 5. The number of nitrogens with zero attached hydrogens (tertiary/aromatic N) is 2. The maximum atomic E-state index is 13.3. The molecule has 4 rings (SSSR count). The van der Waals surface area contributed by atoms with Crippen molar-refractivity contribution in [2.24, 2.45) is 5.92 Å². The van der Waals surface area contributed by atoms with Gasteiger partial charge in [-0.3, -0.25) is 14.5 Å². The summed E-state index contributed by atoms with van der Waals surface area (Å²) in [6.45, 7) is 9.00. The van der Waals surface area contributed by atoms with Crippen LogP contribution in [0.15, 0.2) is 36.4 Å². The van der Waals surface area contributed by atoms with Crippen LogP contribution in [0.1, 0.15) is 46.9 Å². The van der Waals surface area contributed by atoms with Crippen molar-refractivity contribution in [2.45, 2.75) is 26.2 Å². The zero-order valence-electron chi connectivity index (χ0n) is 20.7. The summed E-state index contributed by atoms with van der Waals surface area (Å²) in [4.78, 5) is 30.8. The molecule has 0 unspecified atom stereocenters. The Morgan fingerprint density at radius 1 is 0.972 bits per heavy atom. The van der Waals surface area contributed by atoms with Crippen LogP contribution < -0.4 is 15.5 Å². The Morgan fingerprint density at radius 2 is 1.67 bits per heavy atom. The van der Waals surface area contributed by atoms with Crippen LogP contribution in [-0.4, -0.2) is 69.2 Å². The fraction of sp³-hybridized carbons (Fsp3) is 0.481. The predicted molar refractivity (Wildman–Crippen MR) is 146 cm³/mol. The third-order valence-electron chi connectivity index (χ3n) is 6.79. The van der Waals surface area contributed by atoms with E-state index in [1.165, 1.54) is 0 Å². The van der Waals surface area contributed by atoms with E-state index in [1.54, 1.807) is 24.3 Å². The van der Waals surface area contributed by atoms with Crippen molar-refractivity contribution in [2.75, 3.05) is 62.7 Å². The van der Waals surface area contributed by atoms with Gasteiger partial charge in [0.1, 0.15) is 0 Å². The topological polar surface area (TPSA) is 73.9 Å². The van der Waals surface area contributed by atoms with Gasteiger partial charge in [-0.1, -0.05) is 30.1 Å². The molecule has 0 bridgehead atoms. The van der Waals surface area contributed by atoms with Gasteiger partial charge < -0.3 is 20.3 Å². The minimum Gasteiger partial charge on any atom is -0.379 e. The standard InChI is InChI=1S/C27H34Cl2N4O3/c1-19-5-9-33(10-6-19)25-4-3-23(31-26(34)20-15-21(28)17-22(29)16-20)18-24(25)27(35)30-7-2-8-32-11-13-36-14-12-32/h3-4,15-19H,2,5-14H2,1H3,(H,30,35)(H,31,34). The van der Waals surface area contributed by atoms with E-state index in [0.717, 1.165) is 70.9 Å². The van der Waals surface area contributed by atoms with Gasteiger partial charge >= 0.3 is 0 Å². The van der Waals surface area contributed by atoms with Crippen molar-refractivity contribution >= 4 is 46.4 Å². The van der Waals surface area contributed by atoms with Crippen LogP contribution in [0.5, 0.6) is 0 Å². The van der Waals surface area contributed by atoms with E-state index in [9.17, 15) is 9.59 Å². The molecule has 2 saturated heterocycles. The van der Waals surface area contributed by atoms with Gasteiger partial charge in [-0.25, -0.2) is 0 Å². The Hall–Kier alpha value is -2.32. The van der Waals surface area contributed by atoms with Crippen molar-refractivity contribution in [3.05, 3.63) is 57.6 Å². The quantitative estimate of drug-likeness (QED) is 0.471. The number of ether oxygens (including phenoxy) is 1. The number of benzene rings is 2. The summed E-state index contributed by atoms with van der Waals surface area (Å²) in [7, 11) is 0. The van der Waals surface area contributed by atoms with E-state index in [1.807, 2.05) is 12.1 Å². The molecule has 0 radical (unpaired) electrons.